The summed E-state index contributed by atoms with van der Waals surface area (Å²) in [5.74, 6) is 0. The Morgan fingerprint density at radius 1 is 1.07 bits per heavy atom. The minimum Gasteiger partial charge on any atom is -0.299 e. The van der Waals surface area contributed by atoms with Crippen LogP contribution < -0.4 is 0 Å². The van der Waals surface area contributed by atoms with Crippen molar-refractivity contribution >= 4 is 0 Å². The lowest BCUT2D eigenvalue weighted by atomic mass is 10.2. The molecule has 0 amide bonds. The molecule has 0 aliphatic rings. The summed E-state index contributed by atoms with van der Waals surface area (Å²) in [7, 11) is 0. The smallest absolute Gasteiger partial charge is 0.0230 e. The second-order valence-corrected chi connectivity index (χ2v) is 3.64. The molecule has 0 unspecified atom stereocenters. The van der Waals surface area contributed by atoms with E-state index in [1.165, 1.54) is 31.5 Å². The molecule has 1 heteroatoms. The lowest BCUT2D eigenvalue weighted by Crippen LogP contribution is -2.27. The molecule has 0 fully saturated rings. The van der Waals surface area contributed by atoms with Crippen molar-refractivity contribution in [3.05, 3.63) is 23.8 Å². The van der Waals surface area contributed by atoms with E-state index in [1.54, 1.807) is 0 Å². The van der Waals surface area contributed by atoms with Gasteiger partial charge >= 0.3 is 0 Å². The first-order chi connectivity index (χ1) is 6.78. The fraction of sp³-hybridized carbons (Fsp3) is 0.692. The van der Waals surface area contributed by atoms with Gasteiger partial charge in [-0.05, 0) is 45.4 Å². The largest absolute Gasteiger partial charge is 0.299 e. The van der Waals surface area contributed by atoms with Crippen molar-refractivity contribution in [2.75, 3.05) is 19.6 Å². The summed E-state index contributed by atoms with van der Waals surface area (Å²) in [4.78, 5) is 2.52. The quantitative estimate of drug-likeness (QED) is 0.561. The Morgan fingerprint density at radius 3 is 2.00 bits per heavy atom. The third-order valence-corrected chi connectivity index (χ3v) is 2.24. The van der Waals surface area contributed by atoms with E-state index in [0.29, 0.717) is 0 Å². The molecule has 0 saturated heterocycles. The molecular formula is C13H25N. The molecule has 0 N–H and O–H groups in total. The van der Waals surface area contributed by atoms with Gasteiger partial charge in [-0.25, -0.2) is 0 Å². The van der Waals surface area contributed by atoms with E-state index in [4.69, 9.17) is 0 Å². The maximum Gasteiger partial charge on any atom is 0.0230 e. The molecule has 0 aromatic heterocycles. The molecule has 0 bridgehead atoms. The van der Waals surface area contributed by atoms with Gasteiger partial charge in [0, 0.05) is 6.54 Å². The second-order valence-electron chi connectivity index (χ2n) is 3.64. The van der Waals surface area contributed by atoms with Gasteiger partial charge < -0.3 is 0 Å². The predicted octanol–water partition coefficient (Wildman–Crippen LogP) is 3.63. The van der Waals surface area contributed by atoms with Gasteiger partial charge in [-0.2, -0.15) is 0 Å². The van der Waals surface area contributed by atoms with Crippen molar-refractivity contribution < 1.29 is 0 Å². The molecule has 14 heavy (non-hydrogen) atoms. The van der Waals surface area contributed by atoms with Gasteiger partial charge in [0.2, 0.25) is 0 Å². The summed E-state index contributed by atoms with van der Waals surface area (Å²) in [5.41, 5.74) is 1.43. The fourth-order valence-electron chi connectivity index (χ4n) is 1.61. The van der Waals surface area contributed by atoms with Crippen LogP contribution in [0.1, 0.15) is 40.5 Å². The average Bonchev–Trinajstić information content (AvgIpc) is 2.18. The van der Waals surface area contributed by atoms with Gasteiger partial charge in [0.15, 0.2) is 0 Å². The van der Waals surface area contributed by atoms with E-state index in [9.17, 15) is 0 Å². The molecule has 0 aromatic carbocycles. The minimum atomic E-state index is 1.10. The van der Waals surface area contributed by atoms with E-state index in [0.717, 1.165) is 6.54 Å². The van der Waals surface area contributed by atoms with Crippen LogP contribution >= 0.6 is 0 Å². The first kappa shape index (κ1) is 13.4. The van der Waals surface area contributed by atoms with Gasteiger partial charge in [0.1, 0.15) is 0 Å². The highest BCUT2D eigenvalue weighted by Gasteiger charge is 2.02. The van der Waals surface area contributed by atoms with E-state index < -0.39 is 0 Å². The number of allylic oxidation sites excluding steroid dienone is 2. The van der Waals surface area contributed by atoms with Crippen LogP contribution in [-0.2, 0) is 0 Å². The van der Waals surface area contributed by atoms with Crippen molar-refractivity contribution in [3.8, 4) is 0 Å². The lowest BCUT2D eigenvalue weighted by Gasteiger charge is -2.21. The first-order valence-corrected chi connectivity index (χ1v) is 5.78. The fourth-order valence-corrected chi connectivity index (χ4v) is 1.61. The zero-order valence-electron chi connectivity index (χ0n) is 10.2. The predicted molar refractivity (Wildman–Crippen MR) is 65.6 cm³/mol. The third kappa shape index (κ3) is 5.98. The van der Waals surface area contributed by atoms with E-state index >= 15 is 0 Å². The van der Waals surface area contributed by atoms with E-state index in [1.807, 2.05) is 0 Å². The Labute approximate surface area is 89.5 Å². The van der Waals surface area contributed by atoms with Crippen LogP contribution in [0.15, 0.2) is 23.8 Å². The van der Waals surface area contributed by atoms with Crippen molar-refractivity contribution in [2.45, 2.75) is 40.5 Å². The average molecular weight is 195 g/mol. The molecular weight excluding hydrogens is 170 g/mol. The number of hydrogen-bond acceptors (Lipinski definition) is 1. The standard InChI is InChI=1S/C13H25N/c1-5-9-13(8-4)12-14(10-6-2)11-7-3/h5,8-9H,6-7,10-12H2,1-4H3/b9-5-,13-8+. The van der Waals surface area contributed by atoms with Gasteiger partial charge in [0.05, 0.1) is 0 Å². The second kappa shape index (κ2) is 9.01. The van der Waals surface area contributed by atoms with Crippen molar-refractivity contribution in [1.82, 2.24) is 4.90 Å². The SMILES string of the molecule is C/C=C\C(=C/C)CN(CCC)CCC. The summed E-state index contributed by atoms with van der Waals surface area (Å²) < 4.78 is 0. The van der Waals surface area contributed by atoms with Gasteiger partial charge in [0.25, 0.3) is 0 Å². The highest BCUT2D eigenvalue weighted by molar-refractivity contribution is 5.18. The molecule has 0 radical (unpaired) electrons. The Kier molecular flexibility index (Phi) is 8.65. The molecule has 0 spiro atoms. The van der Waals surface area contributed by atoms with E-state index in [-0.39, 0.29) is 0 Å². The van der Waals surface area contributed by atoms with Crippen LogP contribution in [0.5, 0.6) is 0 Å². The zero-order valence-corrected chi connectivity index (χ0v) is 10.2. The van der Waals surface area contributed by atoms with Gasteiger partial charge in [-0.1, -0.05) is 32.1 Å². The van der Waals surface area contributed by atoms with Crippen LogP contribution in [-0.4, -0.2) is 24.5 Å². The van der Waals surface area contributed by atoms with Crippen molar-refractivity contribution in [3.63, 3.8) is 0 Å². The van der Waals surface area contributed by atoms with Crippen LogP contribution in [0.25, 0.3) is 0 Å². The maximum absolute atomic E-state index is 2.52. The van der Waals surface area contributed by atoms with Gasteiger partial charge in [-0.3, -0.25) is 4.90 Å². The van der Waals surface area contributed by atoms with Crippen LogP contribution in [0.4, 0.5) is 0 Å². The Morgan fingerprint density at radius 2 is 1.64 bits per heavy atom. The van der Waals surface area contributed by atoms with Crippen LogP contribution in [0.3, 0.4) is 0 Å². The van der Waals surface area contributed by atoms with Crippen molar-refractivity contribution in [2.24, 2.45) is 0 Å². The molecule has 0 aliphatic heterocycles. The molecule has 0 heterocycles. The number of hydrogen-bond donors (Lipinski definition) is 0. The molecule has 0 atom stereocenters. The molecule has 0 saturated carbocycles. The summed E-state index contributed by atoms with van der Waals surface area (Å²) in [6, 6.07) is 0. The zero-order chi connectivity index (χ0) is 10.8. The summed E-state index contributed by atoms with van der Waals surface area (Å²) >= 11 is 0. The summed E-state index contributed by atoms with van der Waals surface area (Å²) in [5, 5.41) is 0. The van der Waals surface area contributed by atoms with Crippen molar-refractivity contribution in [1.29, 1.82) is 0 Å². The number of nitrogens with zero attached hydrogens (tertiary/aromatic N) is 1. The Hall–Kier alpha value is -0.560. The summed E-state index contributed by atoms with van der Waals surface area (Å²) in [6.07, 6.45) is 9.02. The first-order valence-electron chi connectivity index (χ1n) is 5.78. The maximum atomic E-state index is 2.52. The molecule has 0 aromatic rings. The number of rotatable bonds is 7. The molecule has 82 valence electrons. The monoisotopic (exact) mass is 195 g/mol. The molecule has 0 rings (SSSR count). The molecule has 0 aliphatic carbocycles. The summed E-state index contributed by atoms with van der Waals surface area (Å²) in [6.45, 7) is 12.2. The minimum absolute atomic E-state index is 1.10. The van der Waals surface area contributed by atoms with E-state index in [2.05, 4.69) is 50.8 Å². The van der Waals surface area contributed by atoms with Crippen LogP contribution in [0, 0.1) is 0 Å². The lowest BCUT2D eigenvalue weighted by molar-refractivity contribution is 0.299. The van der Waals surface area contributed by atoms with Gasteiger partial charge in [-0.15, -0.1) is 0 Å². The topological polar surface area (TPSA) is 3.24 Å². The Bertz CT molecular complexity index is 174. The highest BCUT2D eigenvalue weighted by atomic mass is 15.1. The molecule has 1 nitrogen and oxygen atoms in total. The highest BCUT2D eigenvalue weighted by Crippen LogP contribution is 2.03. The third-order valence-electron chi connectivity index (χ3n) is 2.24. The van der Waals surface area contributed by atoms with Crippen LogP contribution in [0.2, 0.25) is 0 Å². The normalized spacial score (nSPS) is 13.1. The Balaban J connectivity index is 4.11.